The number of benzene rings is 2. The minimum atomic E-state index is -5.09. The maximum atomic E-state index is 11.5. The highest BCUT2D eigenvalue weighted by atomic mass is 35.5. The van der Waals surface area contributed by atoms with Gasteiger partial charge in [-0.25, -0.2) is 0 Å². The fourth-order valence-corrected chi connectivity index (χ4v) is 4.87. The van der Waals surface area contributed by atoms with E-state index in [0.717, 1.165) is 18.2 Å². The molecule has 0 saturated heterocycles. The quantitative estimate of drug-likeness (QED) is 0.640. The summed E-state index contributed by atoms with van der Waals surface area (Å²) in [5.41, 5.74) is 0. The molecule has 0 aliphatic rings. The van der Waals surface area contributed by atoms with Crippen molar-refractivity contribution in [3.8, 4) is 0 Å². The van der Waals surface area contributed by atoms with Crippen molar-refractivity contribution in [1.29, 1.82) is 0 Å². The van der Waals surface area contributed by atoms with Gasteiger partial charge in [0.25, 0.3) is 30.4 Å². The summed E-state index contributed by atoms with van der Waals surface area (Å²) in [4.78, 5) is -3.09. The summed E-state index contributed by atoms with van der Waals surface area (Å²) in [6, 6.07) is 3.52. The van der Waals surface area contributed by atoms with Crippen molar-refractivity contribution in [2.45, 2.75) is 14.7 Å². The van der Waals surface area contributed by atoms with Crippen molar-refractivity contribution < 1.29 is 38.9 Å². The van der Waals surface area contributed by atoms with Crippen LogP contribution in [0.5, 0.6) is 0 Å². The molecule has 0 unspecified atom stereocenters. The fourth-order valence-electron chi connectivity index (χ4n) is 1.98. The monoisotopic (exact) mass is 402 g/mol. The molecule has 2 aromatic rings. The van der Waals surface area contributed by atoms with Gasteiger partial charge in [-0.2, -0.15) is 25.3 Å². The summed E-state index contributed by atoms with van der Waals surface area (Å²) in [6.45, 7) is 0. The van der Waals surface area contributed by atoms with Crippen LogP contribution < -0.4 is 0 Å². The molecule has 0 heterocycles. The molecule has 0 amide bonds. The van der Waals surface area contributed by atoms with E-state index in [-0.39, 0.29) is 0 Å². The molecule has 0 aromatic heterocycles. The van der Waals surface area contributed by atoms with Crippen LogP contribution in [0.25, 0.3) is 10.8 Å². The standard InChI is InChI=1S/C10H7ClO9S3/c11-9-8(22(15,16)17)4-6-5(10(9)23(18,19)20)2-1-3-7(6)21(12,13)14/h1-4H,(H,12,13,14)(H,15,16,17)(H,18,19,20). The van der Waals surface area contributed by atoms with Gasteiger partial charge >= 0.3 is 0 Å². The SMILES string of the molecule is O=S(=O)(O)c1cc2c(S(=O)(=O)O)cccc2c(S(=O)(=O)O)c1Cl. The van der Waals surface area contributed by atoms with Crippen LogP contribution in [0.2, 0.25) is 5.02 Å². The first-order valence-corrected chi connectivity index (χ1v) is 10.1. The minimum Gasteiger partial charge on any atom is -0.282 e. The van der Waals surface area contributed by atoms with Crippen molar-refractivity contribution >= 4 is 52.7 Å². The molecule has 2 rings (SSSR count). The normalized spacial score (nSPS) is 13.4. The first kappa shape index (κ1) is 18.1. The molecule has 0 radical (unpaired) electrons. The second-order valence-electron chi connectivity index (χ2n) is 4.29. The van der Waals surface area contributed by atoms with Gasteiger partial charge in [-0.15, -0.1) is 0 Å². The summed E-state index contributed by atoms with van der Waals surface area (Å²) in [5, 5.41) is -2.05. The maximum Gasteiger partial charge on any atom is 0.296 e. The Balaban J connectivity index is 3.27. The largest absolute Gasteiger partial charge is 0.296 e. The molecule has 9 nitrogen and oxygen atoms in total. The van der Waals surface area contributed by atoms with E-state index in [4.69, 9.17) is 20.7 Å². The molecular formula is C10H7ClO9S3. The van der Waals surface area contributed by atoms with Crippen molar-refractivity contribution in [3.05, 3.63) is 29.3 Å². The molecule has 126 valence electrons. The van der Waals surface area contributed by atoms with E-state index in [1.807, 2.05) is 0 Å². The molecule has 0 atom stereocenters. The lowest BCUT2D eigenvalue weighted by molar-refractivity contribution is 0.478. The van der Waals surface area contributed by atoms with Crippen LogP contribution in [0.3, 0.4) is 0 Å². The Labute approximate surface area is 135 Å². The molecule has 0 saturated carbocycles. The summed E-state index contributed by atoms with van der Waals surface area (Å²) in [7, 11) is -15.0. The van der Waals surface area contributed by atoms with E-state index in [1.54, 1.807) is 0 Å². The number of hydrogen-bond donors (Lipinski definition) is 3. The lowest BCUT2D eigenvalue weighted by Gasteiger charge is -2.12. The lowest BCUT2D eigenvalue weighted by Crippen LogP contribution is -2.08. The average molecular weight is 403 g/mol. The van der Waals surface area contributed by atoms with Gasteiger partial charge in [-0.05, 0) is 12.1 Å². The Kier molecular flexibility index (Phi) is 4.22. The number of halogens is 1. The lowest BCUT2D eigenvalue weighted by atomic mass is 10.1. The van der Waals surface area contributed by atoms with E-state index in [9.17, 15) is 29.8 Å². The van der Waals surface area contributed by atoms with Gasteiger partial charge in [0, 0.05) is 10.8 Å². The highest BCUT2D eigenvalue weighted by Gasteiger charge is 2.29. The van der Waals surface area contributed by atoms with Crippen molar-refractivity contribution in [2.75, 3.05) is 0 Å². The second-order valence-corrected chi connectivity index (χ2v) is 8.81. The van der Waals surface area contributed by atoms with Crippen LogP contribution >= 0.6 is 11.6 Å². The number of fused-ring (bicyclic) bond motifs is 1. The van der Waals surface area contributed by atoms with Crippen molar-refractivity contribution in [1.82, 2.24) is 0 Å². The van der Waals surface area contributed by atoms with E-state index in [0.29, 0.717) is 6.07 Å². The van der Waals surface area contributed by atoms with Gasteiger partial charge in [0.1, 0.15) is 14.7 Å². The molecule has 23 heavy (non-hydrogen) atoms. The Morgan fingerprint density at radius 3 is 1.70 bits per heavy atom. The molecule has 0 bridgehead atoms. The molecule has 13 heteroatoms. The summed E-state index contributed by atoms with van der Waals surface area (Å²) in [5.74, 6) is 0. The third-order valence-electron chi connectivity index (χ3n) is 2.82. The van der Waals surface area contributed by atoms with Crippen LogP contribution in [0.15, 0.2) is 39.0 Å². The van der Waals surface area contributed by atoms with Crippen LogP contribution in [-0.4, -0.2) is 38.9 Å². The zero-order chi connectivity index (χ0) is 17.8. The molecule has 0 aliphatic carbocycles. The van der Waals surface area contributed by atoms with Gasteiger partial charge in [-0.3, -0.25) is 13.7 Å². The van der Waals surface area contributed by atoms with Crippen molar-refractivity contribution in [2.24, 2.45) is 0 Å². The molecule has 0 spiro atoms. The Bertz CT molecular complexity index is 1130. The fraction of sp³-hybridized carbons (Fsp3) is 0. The highest BCUT2D eigenvalue weighted by Crippen LogP contribution is 2.38. The second kappa shape index (κ2) is 5.37. The first-order chi connectivity index (χ1) is 10.2. The topological polar surface area (TPSA) is 163 Å². The molecule has 2 aromatic carbocycles. The third kappa shape index (κ3) is 3.33. The molecule has 3 N–H and O–H groups in total. The zero-order valence-electron chi connectivity index (χ0n) is 10.7. The predicted octanol–water partition coefficient (Wildman–Crippen LogP) is 1.23. The van der Waals surface area contributed by atoms with Crippen LogP contribution in [0.4, 0.5) is 0 Å². The van der Waals surface area contributed by atoms with E-state index < -0.39 is 60.8 Å². The van der Waals surface area contributed by atoms with Gasteiger partial charge in [0.15, 0.2) is 0 Å². The first-order valence-electron chi connectivity index (χ1n) is 5.42. The van der Waals surface area contributed by atoms with E-state index in [2.05, 4.69) is 0 Å². The smallest absolute Gasteiger partial charge is 0.282 e. The van der Waals surface area contributed by atoms with Crippen LogP contribution in [0, 0.1) is 0 Å². The third-order valence-corrected chi connectivity index (χ3v) is 6.16. The average Bonchev–Trinajstić information content (AvgIpc) is 2.32. The van der Waals surface area contributed by atoms with Gasteiger partial charge in [0.05, 0.1) is 5.02 Å². The Morgan fingerprint density at radius 1 is 0.739 bits per heavy atom. The predicted molar refractivity (Wildman–Crippen MR) is 78.4 cm³/mol. The summed E-state index contributed by atoms with van der Waals surface area (Å²) in [6.07, 6.45) is 0. The van der Waals surface area contributed by atoms with Gasteiger partial charge in [0.2, 0.25) is 0 Å². The minimum absolute atomic E-state index is 0.458. The van der Waals surface area contributed by atoms with Crippen molar-refractivity contribution in [3.63, 3.8) is 0 Å². The zero-order valence-corrected chi connectivity index (χ0v) is 13.9. The Morgan fingerprint density at radius 2 is 1.26 bits per heavy atom. The summed E-state index contributed by atoms with van der Waals surface area (Å²) >= 11 is 5.63. The van der Waals surface area contributed by atoms with E-state index >= 15 is 0 Å². The van der Waals surface area contributed by atoms with Crippen LogP contribution in [-0.2, 0) is 30.4 Å². The highest BCUT2D eigenvalue weighted by molar-refractivity contribution is 7.87. The summed E-state index contributed by atoms with van der Waals surface area (Å²) < 4.78 is 95.8. The van der Waals surface area contributed by atoms with Crippen LogP contribution in [0.1, 0.15) is 0 Å². The Hall–Kier alpha value is -1.28. The molecule has 0 aliphatic heterocycles. The maximum absolute atomic E-state index is 11.5. The van der Waals surface area contributed by atoms with E-state index in [1.165, 1.54) is 0 Å². The van der Waals surface area contributed by atoms with Gasteiger partial charge < -0.3 is 0 Å². The van der Waals surface area contributed by atoms with Gasteiger partial charge in [-0.1, -0.05) is 23.7 Å². The molecular weight excluding hydrogens is 396 g/mol. The molecule has 0 fully saturated rings. The number of hydrogen-bond acceptors (Lipinski definition) is 6. The number of rotatable bonds is 3.